The van der Waals surface area contributed by atoms with Crippen LogP contribution in [0.1, 0.15) is 33.6 Å². The molecule has 0 aliphatic heterocycles. The Morgan fingerprint density at radius 1 is 1.57 bits per heavy atom. The van der Waals surface area contributed by atoms with Gasteiger partial charge in [-0.05, 0) is 30.9 Å². The van der Waals surface area contributed by atoms with Crippen molar-refractivity contribution in [2.45, 2.75) is 33.6 Å². The molecule has 1 atom stereocenters. The van der Waals surface area contributed by atoms with E-state index in [1.807, 2.05) is 6.08 Å². The summed E-state index contributed by atoms with van der Waals surface area (Å²) in [5, 5.41) is 0. The van der Waals surface area contributed by atoms with Crippen molar-refractivity contribution >= 4 is 0 Å². The smallest absolute Gasteiger partial charge is 0.101 e. The molecule has 0 aromatic carbocycles. The summed E-state index contributed by atoms with van der Waals surface area (Å²) in [6.07, 6.45) is 7.29. The molecule has 0 fully saturated rings. The number of allylic oxidation sites excluding steroid dienone is 6. The van der Waals surface area contributed by atoms with E-state index in [0.717, 1.165) is 6.42 Å². The van der Waals surface area contributed by atoms with Crippen molar-refractivity contribution in [1.82, 2.24) is 0 Å². The molecule has 14 heavy (non-hydrogen) atoms. The first-order valence-corrected chi connectivity index (χ1v) is 4.88. The van der Waals surface area contributed by atoms with Crippen LogP contribution in [-0.4, -0.2) is 0 Å². The van der Waals surface area contributed by atoms with Gasteiger partial charge >= 0.3 is 0 Å². The molecule has 0 nitrogen and oxygen atoms in total. The number of halogens is 1. The van der Waals surface area contributed by atoms with Crippen LogP contribution in [0.2, 0.25) is 0 Å². The largest absolute Gasteiger partial charge is 0.212 e. The zero-order valence-corrected chi connectivity index (χ0v) is 10.4. The van der Waals surface area contributed by atoms with E-state index in [9.17, 15) is 4.39 Å². The molecule has 0 bridgehead atoms. The average molecular weight is 231 g/mol. The fourth-order valence-corrected chi connectivity index (χ4v) is 1.76. The maximum absolute atomic E-state index is 12.9. The summed E-state index contributed by atoms with van der Waals surface area (Å²) < 4.78 is 12.9. The fraction of sp³-hybridized carbons (Fsp3) is 0.500. The van der Waals surface area contributed by atoms with Gasteiger partial charge in [-0.25, -0.2) is 4.39 Å². The summed E-state index contributed by atoms with van der Waals surface area (Å²) in [5.74, 6) is 0.327. The van der Waals surface area contributed by atoms with E-state index in [-0.39, 0.29) is 24.4 Å². The van der Waals surface area contributed by atoms with E-state index >= 15 is 0 Å². The minimum atomic E-state index is 0. The van der Waals surface area contributed by atoms with E-state index in [1.54, 1.807) is 6.08 Å². The molecule has 1 rings (SSSR count). The van der Waals surface area contributed by atoms with Crippen LogP contribution in [0.5, 0.6) is 0 Å². The zero-order valence-electron chi connectivity index (χ0n) is 9.05. The van der Waals surface area contributed by atoms with E-state index in [0.29, 0.717) is 12.3 Å². The van der Waals surface area contributed by atoms with Crippen molar-refractivity contribution in [3.8, 4) is 0 Å². The molecule has 0 amide bonds. The van der Waals surface area contributed by atoms with E-state index < -0.39 is 0 Å². The van der Waals surface area contributed by atoms with Crippen molar-refractivity contribution in [2.24, 2.45) is 5.92 Å². The maximum Gasteiger partial charge on any atom is 0.101 e. The molecule has 1 aliphatic rings. The van der Waals surface area contributed by atoms with Crippen molar-refractivity contribution in [3.63, 3.8) is 0 Å². The van der Waals surface area contributed by atoms with Crippen LogP contribution in [0.15, 0.2) is 35.2 Å². The van der Waals surface area contributed by atoms with Crippen LogP contribution in [0.25, 0.3) is 0 Å². The molecule has 0 heterocycles. The van der Waals surface area contributed by atoms with E-state index in [2.05, 4.69) is 26.8 Å². The molecule has 0 spiro atoms. The molecule has 0 N–H and O–H groups in total. The monoisotopic (exact) mass is 231 g/mol. The van der Waals surface area contributed by atoms with Crippen LogP contribution >= 0.6 is 0 Å². The molecule has 77 valence electrons. The third kappa shape index (κ3) is 3.47. The number of rotatable bonds is 2. The summed E-state index contributed by atoms with van der Waals surface area (Å²) in [4.78, 5) is 0. The van der Waals surface area contributed by atoms with Crippen LogP contribution in [0, 0.1) is 5.92 Å². The minimum absolute atomic E-state index is 0. The van der Waals surface area contributed by atoms with Crippen molar-refractivity contribution in [2.75, 3.05) is 0 Å². The van der Waals surface area contributed by atoms with Gasteiger partial charge in [0.2, 0.25) is 0 Å². The molecule has 0 aromatic heterocycles. The molecule has 2 heteroatoms. The van der Waals surface area contributed by atoms with Gasteiger partial charge in [0.15, 0.2) is 0 Å². The molecular weight excluding hydrogens is 214 g/mol. The molecule has 0 saturated heterocycles. The second-order valence-electron chi connectivity index (χ2n) is 3.64. The van der Waals surface area contributed by atoms with Crippen LogP contribution in [0.3, 0.4) is 0 Å². The van der Waals surface area contributed by atoms with Gasteiger partial charge in [-0.15, -0.1) is 0 Å². The third-order valence-electron chi connectivity index (χ3n) is 2.44. The Hall–Kier alpha value is -0.266. The Labute approximate surface area is 97.9 Å². The van der Waals surface area contributed by atoms with Crippen molar-refractivity contribution in [1.29, 1.82) is 0 Å². The van der Waals surface area contributed by atoms with Gasteiger partial charge in [-0.3, -0.25) is 0 Å². The Kier molecular flexibility index (Phi) is 6.14. The Morgan fingerprint density at radius 3 is 2.71 bits per heavy atom. The standard InChI is InChI=1S/C12H17F.V/c1-4-5-9(2)12-7-6-11(13)8-10(12)3;/h5-7,10H,4,8H2,1-3H3;/b9-5+;. The quantitative estimate of drug-likeness (QED) is 0.669. The van der Waals surface area contributed by atoms with Crippen molar-refractivity contribution < 1.29 is 22.9 Å². The molecule has 0 saturated carbocycles. The third-order valence-corrected chi connectivity index (χ3v) is 2.44. The van der Waals surface area contributed by atoms with Crippen LogP contribution in [0.4, 0.5) is 4.39 Å². The summed E-state index contributed by atoms with van der Waals surface area (Å²) in [6.45, 7) is 6.29. The van der Waals surface area contributed by atoms with Gasteiger partial charge in [0, 0.05) is 25.0 Å². The normalized spacial score (nSPS) is 22.3. The van der Waals surface area contributed by atoms with Crippen LogP contribution < -0.4 is 0 Å². The van der Waals surface area contributed by atoms with Gasteiger partial charge in [-0.2, -0.15) is 0 Å². The van der Waals surface area contributed by atoms with E-state index in [1.165, 1.54) is 11.1 Å². The first-order valence-electron chi connectivity index (χ1n) is 4.88. The average Bonchev–Trinajstić information content (AvgIpc) is 2.04. The molecule has 0 aromatic rings. The Morgan fingerprint density at radius 2 is 2.21 bits per heavy atom. The number of hydrogen-bond acceptors (Lipinski definition) is 0. The predicted molar refractivity (Wildman–Crippen MR) is 55.1 cm³/mol. The van der Waals surface area contributed by atoms with Gasteiger partial charge in [0.1, 0.15) is 5.83 Å². The van der Waals surface area contributed by atoms with E-state index in [4.69, 9.17) is 0 Å². The molecule has 1 unspecified atom stereocenters. The molecule has 1 radical (unpaired) electrons. The minimum Gasteiger partial charge on any atom is -0.212 e. The molecule has 1 aliphatic carbocycles. The summed E-state index contributed by atoms with van der Waals surface area (Å²) in [6, 6.07) is 0. The number of hydrogen-bond donors (Lipinski definition) is 0. The van der Waals surface area contributed by atoms with Gasteiger partial charge < -0.3 is 0 Å². The first kappa shape index (κ1) is 13.7. The van der Waals surface area contributed by atoms with Gasteiger partial charge in [-0.1, -0.05) is 31.6 Å². The SMILES string of the molecule is CC/C=C(\C)C1=CC=C(F)CC1C.[V]. The van der Waals surface area contributed by atoms with Crippen molar-refractivity contribution in [3.05, 3.63) is 35.2 Å². The summed E-state index contributed by atoms with van der Waals surface area (Å²) >= 11 is 0. The second-order valence-corrected chi connectivity index (χ2v) is 3.64. The first-order chi connectivity index (χ1) is 6.15. The van der Waals surface area contributed by atoms with Gasteiger partial charge in [0.05, 0.1) is 0 Å². The fourth-order valence-electron chi connectivity index (χ4n) is 1.76. The predicted octanol–water partition coefficient (Wildman–Crippen LogP) is 4.16. The van der Waals surface area contributed by atoms with Crippen LogP contribution in [-0.2, 0) is 18.6 Å². The molecular formula is C12H17FV. The Balaban J connectivity index is 0.00000169. The summed E-state index contributed by atoms with van der Waals surface area (Å²) in [5.41, 5.74) is 2.57. The second kappa shape index (κ2) is 6.26. The zero-order chi connectivity index (χ0) is 9.84. The maximum atomic E-state index is 12.9. The Bertz CT molecular complexity index is 274. The van der Waals surface area contributed by atoms with Gasteiger partial charge in [0.25, 0.3) is 0 Å². The topological polar surface area (TPSA) is 0 Å². The summed E-state index contributed by atoms with van der Waals surface area (Å²) in [7, 11) is 0.